The van der Waals surface area contributed by atoms with Crippen LogP contribution >= 0.6 is 12.2 Å². The van der Waals surface area contributed by atoms with E-state index in [0.29, 0.717) is 11.5 Å². The van der Waals surface area contributed by atoms with E-state index < -0.39 is 0 Å². The predicted octanol–water partition coefficient (Wildman–Crippen LogP) is 2.19. The third kappa shape index (κ3) is 4.47. The number of carbonyl (C=O) groups is 1. The van der Waals surface area contributed by atoms with Crippen LogP contribution < -0.4 is 5.73 Å². The molecule has 0 saturated heterocycles. The quantitative estimate of drug-likeness (QED) is 0.698. The Morgan fingerprint density at radius 2 is 1.81 bits per heavy atom. The summed E-state index contributed by atoms with van der Waals surface area (Å²) in [7, 11) is 0. The van der Waals surface area contributed by atoms with Crippen LogP contribution in [-0.4, -0.2) is 28.9 Å². The fourth-order valence-electron chi connectivity index (χ4n) is 1.69. The molecule has 1 amide bonds. The first kappa shape index (κ1) is 15.4. The molecule has 0 aromatic carbocycles. The Morgan fingerprint density at radius 1 is 1.31 bits per heavy atom. The van der Waals surface area contributed by atoms with Crippen molar-refractivity contribution in [3.63, 3.8) is 0 Å². The van der Waals surface area contributed by atoms with E-state index in [9.17, 15) is 4.79 Å². The summed E-state index contributed by atoms with van der Waals surface area (Å²) < 4.78 is 0. The third-order valence-electron chi connectivity index (χ3n) is 3.01. The summed E-state index contributed by atoms with van der Waals surface area (Å²) in [6, 6.07) is 0. The van der Waals surface area contributed by atoms with Crippen LogP contribution in [0.1, 0.15) is 40.5 Å². The van der Waals surface area contributed by atoms with Gasteiger partial charge in [0.25, 0.3) is 0 Å². The van der Waals surface area contributed by atoms with Gasteiger partial charge in [-0.25, -0.2) is 0 Å². The highest BCUT2D eigenvalue weighted by molar-refractivity contribution is 7.80. The Bertz CT molecular complexity index is 239. The Labute approximate surface area is 104 Å². The molecule has 0 aliphatic heterocycles. The van der Waals surface area contributed by atoms with Gasteiger partial charge in [0.05, 0.1) is 4.99 Å². The van der Waals surface area contributed by atoms with E-state index in [0.717, 1.165) is 19.4 Å². The average Bonchev–Trinajstić information content (AvgIpc) is 2.26. The highest BCUT2D eigenvalue weighted by Gasteiger charge is 2.22. The van der Waals surface area contributed by atoms with Crippen molar-refractivity contribution in [3.8, 4) is 0 Å². The van der Waals surface area contributed by atoms with Gasteiger partial charge in [-0.15, -0.1) is 0 Å². The minimum atomic E-state index is 0.0910. The van der Waals surface area contributed by atoms with Crippen molar-refractivity contribution in [2.75, 3.05) is 13.1 Å². The average molecular weight is 244 g/mol. The summed E-state index contributed by atoms with van der Waals surface area (Å²) in [4.78, 5) is 14.5. The molecule has 0 aliphatic carbocycles. The number of carbonyl (C=O) groups excluding carboxylic acids is 1. The van der Waals surface area contributed by atoms with Gasteiger partial charge in [-0.3, -0.25) is 4.79 Å². The van der Waals surface area contributed by atoms with Crippen molar-refractivity contribution in [1.29, 1.82) is 0 Å². The zero-order valence-electron chi connectivity index (χ0n) is 10.8. The summed E-state index contributed by atoms with van der Waals surface area (Å²) in [5, 5.41) is 0. The molecule has 0 saturated carbocycles. The highest BCUT2D eigenvalue weighted by Crippen LogP contribution is 2.13. The number of hydrogen-bond acceptors (Lipinski definition) is 2. The lowest BCUT2D eigenvalue weighted by molar-refractivity contribution is -0.135. The van der Waals surface area contributed by atoms with Crippen LogP contribution in [0.25, 0.3) is 0 Å². The van der Waals surface area contributed by atoms with Crippen molar-refractivity contribution >= 4 is 23.1 Å². The summed E-state index contributed by atoms with van der Waals surface area (Å²) in [5.74, 6) is 0.461. The molecule has 0 aromatic heterocycles. The fraction of sp³-hybridized carbons (Fsp3) is 0.833. The number of nitrogens with zero attached hydrogens (tertiary/aromatic N) is 1. The van der Waals surface area contributed by atoms with Crippen LogP contribution in [0.2, 0.25) is 0 Å². The first-order chi connectivity index (χ1) is 7.47. The largest absolute Gasteiger partial charge is 0.393 e. The maximum atomic E-state index is 12.1. The summed E-state index contributed by atoms with van der Waals surface area (Å²) in [6.45, 7) is 9.43. The lowest BCUT2D eigenvalue weighted by Crippen LogP contribution is -2.41. The molecule has 0 aliphatic rings. The number of rotatable bonds is 7. The minimum absolute atomic E-state index is 0.0910. The molecule has 0 rings (SSSR count). The summed E-state index contributed by atoms with van der Waals surface area (Å²) in [6.07, 6.45) is 1.79. The van der Waals surface area contributed by atoms with E-state index >= 15 is 0 Å². The Hall–Kier alpha value is -0.640. The van der Waals surface area contributed by atoms with Crippen LogP contribution in [0, 0.1) is 11.8 Å². The van der Waals surface area contributed by atoms with Crippen molar-refractivity contribution in [3.05, 3.63) is 0 Å². The van der Waals surface area contributed by atoms with Gasteiger partial charge in [-0.05, 0) is 19.8 Å². The standard InChI is InChI=1S/C12H24N2OS/c1-5-10(6-2)12(15)14(7-3)8-9(4)11(13)16/h9-10H,5-8H2,1-4H3,(H2,13,16). The Morgan fingerprint density at radius 3 is 2.12 bits per heavy atom. The zero-order valence-corrected chi connectivity index (χ0v) is 11.6. The molecule has 1 atom stereocenters. The van der Waals surface area contributed by atoms with Gasteiger partial charge < -0.3 is 10.6 Å². The van der Waals surface area contributed by atoms with E-state index in [4.69, 9.17) is 18.0 Å². The van der Waals surface area contributed by atoms with Crippen LogP contribution in [-0.2, 0) is 4.79 Å². The molecule has 4 heteroatoms. The van der Waals surface area contributed by atoms with Crippen molar-refractivity contribution in [2.45, 2.75) is 40.5 Å². The predicted molar refractivity (Wildman–Crippen MR) is 72.3 cm³/mol. The second kappa shape index (κ2) is 7.60. The molecule has 0 fully saturated rings. The van der Waals surface area contributed by atoms with Crippen molar-refractivity contribution in [1.82, 2.24) is 4.90 Å². The molecule has 16 heavy (non-hydrogen) atoms. The van der Waals surface area contributed by atoms with Crippen LogP contribution in [0.3, 0.4) is 0 Å². The smallest absolute Gasteiger partial charge is 0.225 e. The molecule has 3 nitrogen and oxygen atoms in total. The fourth-order valence-corrected chi connectivity index (χ4v) is 1.77. The second-order valence-corrected chi connectivity index (χ2v) is 4.67. The highest BCUT2D eigenvalue weighted by atomic mass is 32.1. The second-order valence-electron chi connectivity index (χ2n) is 4.19. The Balaban J connectivity index is 4.48. The van der Waals surface area contributed by atoms with Gasteiger partial charge in [0.15, 0.2) is 0 Å². The van der Waals surface area contributed by atoms with E-state index in [2.05, 4.69) is 13.8 Å². The third-order valence-corrected chi connectivity index (χ3v) is 3.41. The molecule has 1 unspecified atom stereocenters. The van der Waals surface area contributed by atoms with Crippen LogP contribution in [0.5, 0.6) is 0 Å². The minimum Gasteiger partial charge on any atom is -0.393 e. The summed E-state index contributed by atoms with van der Waals surface area (Å²) in [5.41, 5.74) is 5.57. The number of nitrogens with two attached hydrogens (primary N) is 1. The first-order valence-electron chi connectivity index (χ1n) is 6.05. The van der Waals surface area contributed by atoms with E-state index in [1.165, 1.54) is 0 Å². The molecule has 0 aromatic rings. The van der Waals surface area contributed by atoms with E-state index in [1.54, 1.807) is 0 Å². The van der Waals surface area contributed by atoms with Crippen LogP contribution in [0.4, 0.5) is 0 Å². The van der Waals surface area contributed by atoms with Crippen molar-refractivity contribution < 1.29 is 4.79 Å². The van der Waals surface area contributed by atoms with Gasteiger partial charge in [-0.2, -0.15) is 0 Å². The molecule has 2 N–H and O–H groups in total. The molecule has 94 valence electrons. The number of amides is 1. The van der Waals surface area contributed by atoms with Crippen molar-refractivity contribution in [2.24, 2.45) is 17.6 Å². The molecule has 0 heterocycles. The van der Waals surface area contributed by atoms with Crippen LogP contribution in [0.15, 0.2) is 0 Å². The monoisotopic (exact) mass is 244 g/mol. The molecular formula is C12H24N2OS. The number of thiocarbonyl (C=S) groups is 1. The molecule has 0 radical (unpaired) electrons. The van der Waals surface area contributed by atoms with Gasteiger partial charge in [0.2, 0.25) is 5.91 Å². The van der Waals surface area contributed by atoms with Gasteiger partial charge in [0.1, 0.15) is 0 Å². The van der Waals surface area contributed by atoms with Gasteiger partial charge >= 0.3 is 0 Å². The number of hydrogen-bond donors (Lipinski definition) is 1. The van der Waals surface area contributed by atoms with E-state index in [-0.39, 0.29) is 17.7 Å². The normalized spacial score (nSPS) is 12.6. The first-order valence-corrected chi connectivity index (χ1v) is 6.46. The maximum Gasteiger partial charge on any atom is 0.225 e. The van der Waals surface area contributed by atoms with E-state index in [1.807, 2.05) is 18.7 Å². The molecular weight excluding hydrogens is 220 g/mol. The summed E-state index contributed by atoms with van der Waals surface area (Å²) >= 11 is 4.93. The topological polar surface area (TPSA) is 46.3 Å². The Kier molecular flexibility index (Phi) is 7.30. The SMILES string of the molecule is CCC(CC)C(=O)N(CC)CC(C)C(N)=S. The maximum absolute atomic E-state index is 12.1. The lowest BCUT2D eigenvalue weighted by Gasteiger charge is -2.27. The van der Waals surface area contributed by atoms with Gasteiger partial charge in [0, 0.05) is 24.9 Å². The molecule has 0 spiro atoms. The zero-order chi connectivity index (χ0) is 12.7. The van der Waals surface area contributed by atoms with Gasteiger partial charge in [-0.1, -0.05) is 33.0 Å². The molecule has 0 bridgehead atoms. The lowest BCUT2D eigenvalue weighted by atomic mass is 10.0.